The van der Waals surface area contributed by atoms with E-state index in [1.807, 2.05) is 55.7 Å². The number of benzene rings is 21. The summed E-state index contributed by atoms with van der Waals surface area (Å²) in [5.41, 5.74) is 39.8. The fourth-order valence-electron chi connectivity index (χ4n) is 24.6. The van der Waals surface area contributed by atoms with Crippen molar-refractivity contribution in [1.29, 1.82) is 0 Å². The maximum atomic E-state index is 16.2. The molecule has 21 aromatic carbocycles. The highest BCUT2D eigenvalue weighted by molar-refractivity contribution is 6.27. The van der Waals surface area contributed by atoms with Gasteiger partial charge in [-0.1, -0.05) is 360 Å². The largest absolute Gasteiger partial charge is 0.275 e. The summed E-state index contributed by atoms with van der Waals surface area (Å²) in [6, 6.07) is 175. The quantitative estimate of drug-likeness (QED) is 0.0954. The first-order valence-electron chi connectivity index (χ1n) is 51.3. The predicted molar refractivity (Wildman–Crippen MR) is 624 cm³/mol. The van der Waals surface area contributed by atoms with Crippen LogP contribution in [0.2, 0.25) is 0 Å². The lowest BCUT2D eigenvalue weighted by Crippen LogP contribution is -2.15. The Labute approximate surface area is 862 Å². The smallest absolute Gasteiger partial charge is 0.263 e. The van der Waals surface area contributed by atoms with Crippen LogP contribution in [0, 0.1) is 0 Å². The van der Waals surface area contributed by atoms with Crippen LogP contribution in [0.5, 0.6) is 0 Å². The van der Waals surface area contributed by atoms with Crippen LogP contribution < -0.4 is 16.7 Å². The van der Waals surface area contributed by atoms with Gasteiger partial charge in [0.25, 0.3) is 16.7 Å². The average molecular weight is 1910 g/mol. The van der Waals surface area contributed by atoms with Crippen molar-refractivity contribution in [3.8, 4) is 179 Å². The standard InChI is InChI=1S/C142H87N5O3/c1-142(2)126-45-27-26-43-111(126)117-83-134-120(82-127(117)142)113-61-60-109(90-34-16-6-17-35-90)135-112-58-54-96(73-125(112)141(150)147(134)138(113)135)88-50-52-94(53-51-88)131-81-108(80-130(144-131)93-40-22-9-23-41-93)106-75-122-116-70-95(55-59-115(116)140(149)146-133-63-57-98(72-119(133)124(77-106)137(122)146)107-78-128(91-36-18-7-19-37-91)143-129(79-107)92-38-20-8-21-39-92)87-46-48-89(49-47-87)102-65-101(86-32-14-5-15-33-86)68-104(69-102)105-74-121-110-42-24-25-44-114(110)139(148)145-132-62-56-97(71-118(132)123(76-105)136(121)145)103-66-99(84-28-10-3-11-29-84)64-100(67-103)85-30-12-4-13-31-85/h3-83H,1-2H3. The molecule has 8 nitrogen and oxygen atoms in total. The molecule has 1 aliphatic rings. The van der Waals surface area contributed by atoms with Crippen molar-refractivity contribution in [3.63, 3.8) is 0 Å². The van der Waals surface area contributed by atoms with Gasteiger partial charge in [0.1, 0.15) is 0 Å². The van der Waals surface area contributed by atoms with Gasteiger partial charge in [0.2, 0.25) is 0 Å². The fourth-order valence-corrected chi connectivity index (χ4v) is 24.6. The van der Waals surface area contributed by atoms with Crippen LogP contribution in [0.1, 0.15) is 25.0 Å². The monoisotopic (exact) mass is 1910 g/mol. The number of fused-ring (bicyclic) bond motifs is 18. The first-order chi connectivity index (χ1) is 73.8. The van der Waals surface area contributed by atoms with Crippen molar-refractivity contribution in [3.05, 3.63) is 534 Å². The fraction of sp³-hybridized carbons (Fsp3) is 0.0211. The molecule has 0 saturated heterocycles. The van der Waals surface area contributed by atoms with Gasteiger partial charge in [-0.25, -0.2) is 9.97 Å². The second kappa shape index (κ2) is 33.5. The maximum Gasteiger partial charge on any atom is 0.263 e. The van der Waals surface area contributed by atoms with Crippen molar-refractivity contribution in [2.24, 2.45) is 0 Å². The summed E-state index contributed by atoms with van der Waals surface area (Å²) in [7, 11) is 0. The first-order valence-corrected chi connectivity index (χ1v) is 51.3. The van der Waals surface area contributed by atoms with Crippen molar-refractivity contribution in [2.75, 3.05) is 0 Å². The molecule has 8 heteroatoms. The zero-order valence-corrected chi connectivity index (χ0v) is 81.7. The summed E-state index contributed by atoms with van der Waals surface area (Å²) < 4.78 is 5.91. The molecule has 0 radical (unpaired) electrons. The molecule has 29 aromatic rings. The van der Waals surface area contributed by atoms with Gasteiger partial charge in [-0.05, 0) is 306 Å². The van der Waals surface area contributed by atoms with E-state index in [0.717, 1.165) is 265 Å². The average Bonchev–Trinajstić information content (AvgIpc) is 1.52. The zero-order valence-electron chi connectivity index (χ0n) is 81.7. The van der Waals surface area contributed by atoms with Crippen LogP contribution >= 0.6 is 0 Å². The van der Waals surface area contributed by atoms with Gasteiger partial charge in [-0.3, -0.25) is 27.6 Å². The van der Waals surface area contributed by atoms with Crippen molar-refractivity contribution >= 4 is 114 Å². The molecule has 8 aromatic heterocycles. The maximum absolute atomic E-state index is 16.2. The lowest BCUT2D eigenvalue weighted by Gasteiger charge is -2.21. The Morgan fingerprint density at radius 2 is 0.447 bits per heavy atom. The first kappa shape index (κ1) is 85.9. The molecule has 30 rings (SSSR count). The number of hydrogen-bond acceptors (Lipinski definition) is 5. The van der Waals surface area contributed by atoms with E-state index in [-0.39, 0.29) is 22.1 Å². The molecule has 0 bridgehead atoms. The van der Waals surface area contributed by atoms with Crippen molar-refractivity contribution < 1.29 is 0 Å². The predicted octanol–water partition coefficient (Wildman–Crippen LogP) is 35.3. The Morgan fingerprint density at radius 3 is 0.927 bits per heavy atom. The number of pyridine rings is 5. The summed E-state index contributed by atoms with van der Waals surface area (Å²) in [6.45, 7) is 4.63. The SMILES string of the molecule is CC1(C)c2ccccc2-c2cc3c(cc21)c1ccc(-c2ccccc2)c2c4ccc(-c5ccc(-c6cc(-c7cc8c9cc(-c%10ccc(-c%11cc(-c%12ccccc%12)cc(-c%12cc%13c%14ccccc%14c(=O)n%14c%15ccc(-c%16cc(-c%17ccccc%17)cc(-c%17ccccc%17)c%16)cc%15c(c%12)c%13%14)c%11)cc%10)ccc9c(=O)n9c%10ccc(-c%11cc(-c%12ccccc%12)nc(-c%12ccccc%12)c%11)cc%10c(c7)c89)cc(-c7ccccc7)n6)cc5)cc4c(=O)n3c12. The van der Waals surface area contributed by atoms with Gasteiger partial charge < -0.3 is 0 Å². The van der Waals surface area contributed by atoms with Crippen LogP contribution in [0.4, 0.5) is 0 Å². The van der Waals surface area contributed by atoms with Crippen LogP contribution in [0.15, 0.2) is 506 Å². The normalized spacial score (nSPS) is 12.5. The molecule has 8 heterocycles. The second-order valence-corrected chi connectivity index (χ2v) is 40.8. The minimum Gasteiger partial charge on any atom is -0.275 e. The van der Waals surface area contributed by atoms with Gasteiger partial charge in [0, 0.05) is 92.3 Å². The lowest BCUT2D eigenvalue weighted by atomic mass is 9.82. The molecule has 0 fully saturated rings. The van der Waals surface area contributed by atoms with Gasteiger partial charge in [0.15, 0.2) is 0 Å². The number of hydrogen-bond donors (Lipinski definition) is 0. The van der Waals surface area contributed by atoms with E-state index in [4.69, 9.17) is 9.97 Å². The highest BCUT2D eigenvalue weighted by Gasteiger charge is 2.37. The molecule has 0 unspecified atom stereocenters. The Bertz CT molecular complexity index is 10800. The summed E-state index contributed by atoms with van der Waals surface area (Å²) in [6.07, 6.45) is 0. The zero-order chi connectivity index (χ0) is 99.4. The molecule has 0 spiro atoms. The van der Waals surface area contributed by atoms with Gasteiger partial charge >= 0.3 is 0 Å². The minimum atomic E-state index is -0.224. The third-order valence-corrected chi connectivity index (χ3v) is 32.0. The highest BCUT2D eigenvalue weighted by atomic mass is 16.1. The van der Waals surface area contributed by atoms with Crippen LogP contribution in [-0.2, 0) is 5.41 Å². The number of rotatable bonds is 15. The highest BCUT2D eigenvalue weighted by Crippen LogP contribution is 2.54. The van der Waals surface area contributed by atoms with E-state index in [0.29, 0.717) is 16.2 Å². The topological polar surface area (TPSA) is 90.2 Å². The summed E-state index contributed by atoms with van der Waals surface area (Å²) in [4.78, 5) is 58.2. The van der Waals surface area contributed by atoms with Crippen LogP contribution in [0.25, 0.3) is 292 Å². The van der Waals surface area contributed by atoms with Gasteiger partial charge in [0.05, 0.1) is 55.9 Å². The Kier molecular flexibility index (Phi) is 19.2. The Balaban J connectivity index is 0.565. The molecule has 0 aliphatic heterocycles. The minimum absolute atomic E-state index is 0.0415. The molecular weight excluding hydrogens is 1820 g/mol. The molecule has 0 saturated carbocycles. The molecular formula is C142H87N5O3. The lowest BCUT2D eigenvalue weighted by molar-refractivity contribution is 0.661. The summed E-state index contributed by atoms with van der Waals surface area (Å²) >= 11 is 0. The van der Waals surface area contributed by atoms with E-state index >= 15 is 14.4 Å². The third-order valence-electron chi connectivity index (χ3n) is 32.0. The second-order valence-electron chi connectivity index (χ2n) is 40.8. The van der Waals surface area contributed by atoms with E-state index < -0.39 is 0 Å². The number of nitrogens with zero attached hydrogens (tertiary/aromatic N) is 5. The summed E-state index contributed by atoms with van der Waals surface area (Å²) in [5.74, 6) is 0. The molecule has 0 atom stereocenters. The van der Waals surface area contributed by atoms with E-state index in [9.17, 15) is 0 Å². The molecule has 1 aliphatic carbocycles. The Hall–Kier alpha value is -19.7. The van der Waals surface area contributed by atoms with Crippen LogP contribution in [-0.4, -0.2) is 23.2 Å². The third kappa shape index (κ3) is 13.6. The van der Waals surface area contributed by atoms with Crippen molar-refractivity contribution in [2.45, 2.75) is 19.3 Å². The molecule has 0 N–H and O–H groups in total. The molecule has 698 valence electrons. The van der Waals surface area contributed by atoms with Gasteiger partial charge in [-0.15, -0.1) is 0 Å². The van der Waals surface area contributed by atoms with Gasteiger partial charge in [-0.2, -0.15) is 0 Å². The Morgan fingerprint density at radius 1 is 0.160 bits per heavy atom. The van der Waals surface area contributed by atoms with E-state index in [2.05, 4.69) is 463 Å². The number of aromatic nitrogens is 5. The van der Waals surface area contributed by atoms with E-state index in [1.165, 1.54) is 22.3 Å². The summed E-state index contributed by atoms with van der Waals surface area (Å²) in [5, 5.41) is 13.6. The van der Waals surface area contributed by atoms with Crippen LogP contribution in [0.3, 0.4) is 0 Å². The van der Waals surface area contributed by atoms with Crippen molar-refractivity contribution in [1.82, 2.24) is 23.2 Å². The molecule has 0 amide bonds. The van der Waals surface area contributed by atoms with E-state index in [1.54, 1.807) is 0 Å². The molecule has 150 heavy (non-hydrogen) atoms.